The van der Waals surface area contributed by atoms with Crippen LogP contribution in [0.4, 0.5) is 0 Å². The van der Waals surface area contributed by atoms with Crippen LogP contribution in [0.3, 0.4) is 0 Å². The van der Waals surface area contributed by atoms with Crippen LogP contribution in [0, 0.1) is 5.92 Å². The van der Waals surface area contributed by atoms with Gasteiger partial charge in [-0.25, -0.2) is 0 Å². The first-order valence-corrected chi connectivity index (χ1v) is 6.42. The van der Waals surface area contributed by atoms with E-state index in [1.165, 1.54) is 24.8 Å². The van der Waals surface area contributed by atoms with E-state index in [-0.39, 0.29) is 0 Å². The molecule has 0 N–H and O–H groups in total. The van der Waals surface area contributed by atoms with Crippen molar-refractivity contribution in [3.05, 3.63) is 29.8 Å². The Kier molecular flexibility index (Phi) is 4.18. The second-order valence-electron chi connectivity index (χ2n) is 4.89. The lowest BCUT2D eigenvalue weighted by atomic mass is 9.81. The molecule has 0 amide bonds. The minimum absolute atomic E-state index is 0.422. The topological polar surface area (TPSA) is 26.3 Å². The Labute approximate surface area is 103 Å². The van der Waals surface area contributed by atoms with Crippen LogP contribution >= 0.6 is 0 Å². The number of Topliss-reactive ketones (excluding diaryl/α,β-unsaturated/α-hetero) is 1. The van der Waals surface area contributed by atoms with Crippen LogP contribution < -0.4 is 4.74 Å². The number of benzene rings is 1. The summed E-state index contributed by atoms with van der Waals surface area (Å²) in [5, 5.41) is 0. The van der Waals surface area contributed by atoms with Crippen molar-refractivity contribution in [1.82, 2.24) is 0 Å². The van der Waals surface area contributed by atoms with Gasteiger partial charge in [-0.2, -0.15) is 0 Å². The standard InChI is InChI=1S/C15H20O2/c1-17-15-9-6-12(7-10-15)5-8-14(16)11-13-3-2-4-13/h6-7,9-10,13H,2-5,8,11H2,1H3. The molecule has 17 heavy (non-hydrogen) atoms. The Bertz CT molecular complexity index is 363. The van der Waals surface area contributed by atoms with Gasteiger partial charge < -0.3 is 4.74 Å². The molecule has 1 aliphatic rings. The third kappa shape index (κ3) is 3.58. The summed E-state index contributed by atoms with van der Waals surface area (Å²) in [6, 6.07) is 7.97. The van der Waals surface area contributed by atoms with Crippen molar-refractivity contribution in [3.63, 3.8) is 0 Å². The lowest BCUT2D eigenvalue weighted by molar-refractivity contribution is -0.120. The highest BCUT2D eigenvalue weighted by atomic mass is 16.5. The molecule has 1 fully saturated rings. The summed E-state index contributed by atoms with van der Waals surface area (Å²) in [4.78, 5) is 11.7. The van der Waals surface area contributed by atoms with Crippen LogP contribution in [0.25, 0.3) is 0 Å². The molecule has 0 bridgehead atoms. The predicted octanol–water partition coefficient (Wildman–Crippen LogP) is 3.39. The number of ether oxygens (including phenoxy) is 1. The van der Waals surface area contributed by atoms with Gasteiger partial charge in [-0.3, -0.25) is 4.79 Å². The van der Waals surface area contributed by atoms with E-state index in [2.05, 4.69) is 0 Å². The molecular formula is C15H20O2. The molecule has 0 saturated heterocycles. The van der Waals surface area contributed by atoms with Gasteiger partial charge in [0.05, 0.1) is 7.11 Å². The van der Waals surface area contributed by atoms with E-state index in [0.29, 0.717) is 18.1 Å². The summed E-state index contributed by atoms with van der Waals surface area (Å²) in [5.41, 5.74) is 1.22. The number of aryl methyl sites for hydroxylation is 1. The zero-order valence-electron chi connectivity index (χ0n) is 10.4. The Morgan fingerprint density at radius 1 is 1.29 bits per heavy atom. The second-order valence-corrected chi connectivity index (χ2v) is 4.89. The van der Waals surface area contributed by atoms with Gasteiger partial charge >= 0.3 is 0 Å². The van der Waals surface area contributed by atoms with E-state index in [1.54, 1.807) is 7.11 Å². The van der Waals surface area contributed by atoms with Gasteiger partial charge in [0.15, 0.2) is 0 Å². The van der Waals surface area contributed by atoms with Crippen LogP contribution in [-0.2, 0) is 11.2 Å². The van der Waals surface area contributed by atoms with Crippen LogP contribution in [-0.4, -0.2) is 12.9 Å². The van der Waals surface area contributed by atoms with Gasteiger partial charge in [0.1, 0.15) is 11.5 Å². The fourth-order valence-corrected chi connectivity index (χ4v) is 2.20. The number of ketones is 1. The highest BCUT2D eigenvalue weighted by molar-refractivity contribution is 5.78. The largest absolute Gasteiger partial charge is 0.497 e. The van der Waals surface area contributed by atoms with Crippen molar-refractivity contribution >= 4 is 5.78 Å². The maximum atomic E-state index is 11.7. The van der Waals surface area contributed by atoms with Crippen molar-refractivity contribution in [2.45, 2.75) is 38.5 Å². The highest BCUT2D eigenvalue weighted by Gasteiger charge is 2.20. The Hall–Kier alpha value is -1.31. The van der Waals surface area contributed by atoms with Gasteiger partial charge in [0.25, 0.3) is 0 Å². The van der Waals surface area contributed by atoms with Crippen LogP contribution in [0.5, 0.6) is 5.75 Å². The number of hydrogen-bond donors (Lipinski definition) is 0. The maximum absolute atomic E-state index is 11.7. The molecule has 0 radical (unpaired) electrons. The van der Waals surface area contributed by atoms with Crippen molar-refractivity contribution in [1.29, 1.82) is 0 Å². The molecule has 1 aromatic rings. The number of hydrogen-bond acceptors (Lipinski definition) is 2. The molecule has 0 unspecified atom stereocenters. The van der Waals surface area contributed by atoms with E-state index < -0.39 is 0 Å². The third-order valence-corrected chi connectivity index (χ3v) is 3.59. The predicted molar refractivity (Wildman–Crippen MR) is 68.3 cm³/mol. The summed E-state index contributed by atoms with van der Waals surface area (Å²) in [6.45, 7) is 0. The summed E-state index contributed by atoms with van der Waals surface area (Å²) >= 11 is 0. The fraction of sp³-hybridized carbons (Fsp3) is 0.533. The highest BCUT2D eigenvalue weighted by Crippen LogP contribution is 2.30. The third-order valence-electron chi connectivity index (χ3n) is 3.59. The minimum Gasteiger partial charge on any atom is -0.497 e. The van der Waals surface area contributed by atoms with Crippen molar-refractivity contribution in [2.24, 2.45) is 5.92 Å². The van der Waals surface area contributed by atoms with Gasteiger partial charge in [0.2, 0.25) is 0 Å². The van der Waals surface area contributed by atoms with Gasteiger partial charge in [-0.05, 0) is 30.0 Å². The molecule has 2 rings (SSSR count). The molecule has 2 nitrogen and oxygen atoms in total. The van der Waals surface area contributed by atoms with Crippen LogP contribution in [0.15, 0.2) is 24.3 Å². The molecule has 92 valence electrons. The maximum Gasteiger partial charge on any atom is 0.133 e. The quantitative estimate of drug-likeness (QED) is 0.751. The van der Waals surface area contributed by atoms with Crippen LogP contribution in [0.1, 0.15) is 37.7 Å². The van der Waals surface area contributed by atoms with E-state index in [0.717, 1.165) is 18.6 Å². The number of carbonyl (C=O) groups excluding carboxylic acids is 1. The van der Waals surface area contributed by atoms with Gasteiger partial charge in [-0.15, -0.1) is 0 Å². The van der Waals surface area contributed by atoms with E-state index >= 15 is 0 Å². The first kappa shape index (κ1) is 12.2. The lowest BCUT2D eigenvalue weighted by Crippen LogP contribution is -2.16. The second kappa shape index (κ2) is 5.85. The molecule has 0 atom stereocenters. The average molecular weight is 232 g/mol. The molecule has 0 aliphatic heterocycles. The summed E-state index contributed by atoms with van der Waals surface area (Å²) in [7, 11) is 1.66. The first-order chi connectivity index (χ1) is 8.28. The molecule has 1 aromatic carbocycles. The Balaban J connectivity index is 1.74. The van der Waals surface area contributed by atoms with Gasteiger partial charge in [-0.1, -0.05) is 31.4 Å². The zero-order valence-corrected chi connectivity index (χ0v) is 10.4. The zero-order chi connectivity index (χ0) is 12.1. The summed E-state index contributed by atoms with van der Waals surface area (Å²) in [5.74, 6) is 1.98. The molecule has 0 heterocycles. The van der Waals surface area contributed by atoms with E-state index in [1.807, 2.05) is 24.3 Å². The Morgan fingerprint density at radius 2 is 2.00 bits per heavy atom. The van der Waals surface area contributed by atoms with Crippen molar-refractivity contribution in [2.75, 3.05) is 7.11 Å². The molecule has 2 heteroatoms. The van der Waals surface area contributed by atoms with Crippen molar-refractivity contribution < 1.29 is 9.53 Å². The summed E-state index contributed by atoms with van der Waals surface area (Å²) < 4.78 is 5.10. The monoisotopic (exact) mass is 232 g/mol. The molecule has 1 saturated carbocycles. The molecule has 0 aromatic heterocycles. The lowest BCUT2D eigenvalue weighted by Gasteiger charge is -2.24. The SMILES string of the molecule is COc1ccc(CCC(=O)CC2CCC2)cc1. The fourth-order valence-electron chi connectivity index (χ4n) is 2.20. The number of rotatable bonds is 6. The number of methoxy groups -OCH3 is 1. The normalized spacial score (nSPS) is 15.4. The van der Waals surface area contributed by atoms with Gasteiger partial charge in [0, 0.05) is 12.8 Å². The minimum atomic E-state index is 0.422. The van der Waals surface area contributed by atoms with E-state index in [4.69, 9.17) is 4.74 Å². The Morgan fingerprint density at radius 3 is 2.53 bits per heavy atom. The van der Waals surface area contributed by atoms with Crippen molar-refractivity contribution in [3.8, 4) is 5.75 Å². The molecule has 0 spiro atoms. The molecular weight excluding hydrogens is 212 g/mol. The first-order valence-electron chi connectivity index (χ1n) is 6.42. The number of carbonyl (C=O) groups is 1. The average Bonchev–Trinajstić information content (AvgIpc) is 2.32. The molecule has 1 aliphatic carbocycles. The summed E-state index contributed by atoms with van der Waals surface area (Å²) in [6.07, 6.45) is 6.17. The van der Waals surface area contributed by atoms with Crippen LogP contribution in [0.2, 0.25) is 0 Å². The smallest absolute Gasteiger partial charge is 0.133 e. The van der Waals surface area contributed by atoms with E-state index in [9.17, 15) is 4.79 Å².